The van der Waals surface area contributed by atoms with Crippen molar-refractivity contribution in [1.29, 1.82) is 0 Å². The molecule has 1 aliphatic heterocycles. The Morgan fingerprint density at radius 3 is 2.20 bits per heavy atom. The van der Waals surface area contributed by atoms with Crippen molar-refractivity contribution in [2.45, 2.75) is 52.7 Å². The van der Waals surface area contributed by atoms with Crippen molar-refractivity contribution in [3.8, 4) is 0 Å². The van der Waals surface area contributed by atoms with E-state index >= 15 is 0 Å². The summed E-state index contributed by atoms with van der Waals surface area (Å²) in [6.45, 7) is 11.8. The first-order chi connectivity index (χ1) is 11.4. The highest BCUT2D eigenvalue weighted by Gasteiger charge is 2.52. The number of esters is 1. The highest BCUT2D eigenvalue weighted by Crippen LogP contribution is 2.36. The van der Waals surface area contributed by atoms with Crippen LogP contribution in [0.25, 0.3) is 0 Å². The van der Waals surface area contributed by atoms with Gasteiger partial charge in [0.25, 0.3) is 0 Å². The van der Waals surface area contributed by atoms with E-state index in [1.54, 1.807) is 6.07 Å². The van der Waals surface area contributed by atoms with E-state index in [-0.39, 0.29) is 23.7 Å². The number of aromatic carboxylic acids is 1. The summed E-state index contributed by atoms with van der Waals surface area (Å²) in [5, 5.41) is 9.22. The molecule has 6 nitrogen and oxygen atoms in total. The van der Waals surface area contributed by atoms with Gasteiger partial charge in [0.1, 0.15) is 0 Å². The van der Waals surface area contributed by atoms with E-state index in [1.165, 1.54) is 12.1 Å². The second kappa shape index (κ2) is 6.80. The lowest BCUT2D eigenvalue weighted by Crippen LogP contribution is -2.41. The molecule has 0 radical (unpaired) electrons. The quantitative estimate of drug-likeness (QED) is 0.650. The molecule has 0 saturated carbocycles. The molecular formula is C18H25BO6. The van der Waals surface area contributed by atoms with Crippen LogP contribution in [-0.4, -0.2) is 42.0 Å². The average molecular weight is 348 g/mol. The molecule has 1 aromatic carbocycles. The van der Waals surface area contributed by atoms with E-state index in [4.69, 9.17) is 14.0 Å². The lowest BCUT2D eigenvalue weighted by atomic mass is 9.75. The SMILES string of the molecule is CC(C)COC(=O)c1cc(C(=O)O)ccc1B1OC(C)(C)C(C)(C)O1. The van der Waals surface area contributed by atoms with Crippen molar-refractivity contribution in [2.24, 2.45) is 5.92 Å². The highest BCUT2D eigenvalue weighted by atomic mass is 16.7. The van der Waals surface area contributed by atoms with Gasteiger partial charge in [-0.25, -0.2) is 9.59 Å². The van der Waals surface area contributed by atoms with Crippen molar-refractivity contribution in [3.63, 3.8) is 0 Å². The standard InChI is InChI=1S/C18H25BO6/c1-11(2)10-23-16(22)13-9-12(15(20)21)7-8-14(13)19-24-17(3,4)18(5,6)25-19/h7-9,11H,10H2,1-6H3,(H,20,21). The summed E-state index contributed by atoms with van der Waals surface area (Å²) in [5.74, 6) is -1.52. The first-order valence-corrected chi connectivity index (χ1v) is 8.34. The van der Waals surface area contributed by atoms with Gasteiger partial charge in [-0.1, -0.05) is 19.9 Å². The van der Waals surface area contributed by atoms with E-state index < -0.39 is 30.3 Å². The number of carbonyl (C=O) groups is 2. The Kier molecular flexibility index (Phi) is 5.30. The molecule has 1 aromatic rings. The minimum Gasteiger partial charge on any atom is -0.478 e. The molecule has 0 aliphatic carbocycles. The van der Waals surface area contributed by atoms with E-state index in [1.807, 2.05) is 41.5 Å². The molecule has 1 heterocycles. The summed E-state index contributed by atoms with van der Waals surface area (Å²) in [6, 6.07) is 4.30. The Balaban J connectivity index is 2.41. The van der Waals surface area contributed by atoms with Crippen molar-refractivity contribution < 1.29 is 28.7 Å². The lowest BCUT2D eigenvalue weighted by Gasteiger charge is -2.32. The van der Waals surface area contributed by atoms with Gasteiger partial charge in [0.2, 0.25) is 0 Å². The van der Waals surface area contributed by atoms with Crippen LogP contribution in [0.1, 0.15) is 62.3 Å². The fourth-order valence-corrected chi connectivity index (χ4v) is 2.36. The predicted molar refractivity (Wildman–Crippen MR) is 94.2 cm³/mol. The number of hydrogen-bond acceptors (Lipinski definition) is 5. The fraction of sp³-hybridized carbons (Fsp3) is 0.556. The first kappa shape index (κ1) is 19.5. The highest BCUT2D eigenvalue weighted by molar-refractivity contribution is 6.63. The Morgan fingerprint density at radius 1 is 1.16 bits per heavy atom. The van der Waals surface area contributed by atoms with Crippen LogP contribution >= 0.6 is 0 Å². The van der Waals surface area contributed by atoms with E-state index in [9.17, 15) is 14.7 Å². The number of hydrogen-bond donors (Lipinski definition) is 1. The maximum atomic E-state index is 12.5. The fourth-order valence-electron chi connectivity index (χ4n) is 2.36. The number of carbonyl (C=O) groups excluding carboxylic acids is 1. The molecule has 2 rings (SSSR count). The molecule has 0 atom stereocenters. The summed E-state index contributed by atoms with van der Waals surface area (Å²) in [6.07, 6.45) is 0. The van der Waals surface area contributed by atoms with Crippen LogP contribution in [-0.2, 0) is 14.0 Å². The molecule has 1 saturated heterocycles. The van der Waals surface area contributed by atoms with E-state index in [2.05, 4.69) is 0 Å². The Labute approximate surface area is 148 Å². The molecule has 0 bridgehead atoms. The number of benzene rings is 1. The van der Waals surface area contributed by atoms with Crippen LogP contribution in [0.4, 0.5) is 0 Å². The third-order valence-electron chi connectivity index (χ3n) is 4.58. The van der Waals surface area contributed by atoms with Crippen molar-refractivity contribution in [3.05, 3.63) is 29.3 Å². The van der Waals surface area contributed by atoms with Crippen molar-refractivity contribution in [2.75, 3.05) is 6.61 Å². The third kappa shape index (κ3) is 4.04. The number of ether oxygens (including phenoxy) is 1. The van der Waals surface area contributed by atoms with E-state index in [0.717, 1.165) is 0 Å². The zero-order chi connectivity index (χ0) is 19.0. The molecule has 0 amide bonds. The Hall–Kier alpha value is -1.86. The molecule has 136 valence electrons. The number of carboxylic acids is 1. The van der Waals surface area contributed by atoms with Crippen LogP contribution in [0.2, 0.25) is 0 Å². The smallest absolute Gasteiger partial charge is 0.478 e. The summed E-state index contributed by atoms with van der Waals surface area (Å²) in [5.41, 5.74) is -0.502. The molecule has 1 fully saturated rings. The van der Waals surface area contributed by atoms with Gasteiger partial charge in [-0.15, -0.1) is 0 Å². The minimum atomic E-state index is -1.11. The molecule has 1 aliphatic rings. The van der Waals surface area contributed by atoms with Crippen LogP contribution < -0.4 is 5.46 Å². The summed E-state index contributed by atoms with van der Waals surface area (Å²) in [7, 11) is -0.769. The molecule has 0 aromatic heterocycles. The summed E-state index contributed by atoms with van der Waals surface area (Å²) >= 11 is 0. The average Bonchev–Trinajstić information content (AvgIpc) is 2.72. The van der Waals surface area contributed by atoms with Crippen molar-refractivity contribution in [1.82, 2.24) is 0 Å². The van der Waals surface area contributed by atoms with Gasteiger partial charge in [0.05, 0.1) is 28.9 Å². The molecule has 7 heteroatoms. The molecular weight excluding hydrogens is 323 g/mol. The number of carboxylic acid groups (broad SMARTS) is 1. The maximum absolute atomic E-state index is 12.5. The van der Waals surface area contributed by atoms with Gasteiger partial charge in [0.15, 0.2) is 0 Å². The van der Waals surface area contributed by atoms with E-state index in [0.29, 0.717) is 5.46 Å². The lowest BCUT2D eigenvalue weighted by molar-refractivity contribution is 0.00578. The van der Waals surface area contributed by atoms with Crippen LogP contribution in [0.3, 0.4) is 0 Å². The van der Waals surface area contributed by atoms with Gasteiger partial charge in [-0.05, 0) is 51.2 Å². The maximum Gasteiger partial charge on any atom is 0.495 e. The van der Waals surface area contributed by atoms with Crippen LogP contribution in [0, 0.1) is 5.92 Å². The Morgan fingerprint density at radius 2 is 1.72 bits per heavy atom. The van der Waals surface area contributed by atoms with Gasteiger partial charge in [-0.3, -0.25) is 0 Å². The second-order valence-electron chi connectivity index (χ2n) is 7.69. The summed E-state index contributed by atoms with van der Waals surface area (Å²) in [4.78, 5) is 23.8. The zero-order valence-corrected chi connectivity index (χ0v) is 15.6. The van der Waals surface area contributed by atoms with Gasteiger partial charge in [0, 0.05) is 0 Å². The Bertz CT molecular complexity index is 664. The van der Waals surface area contributed by atoms with Gasteiger partial charge >= 0.3 is 19.1 Å². The molecule has 0 spiro atoms. The number of rotatable bonds is 5. The molecule has 0 unspecified atom stereocenters. The van der Waals surface area contributed by atoms with Crippen LogP contribution in [0.5, 0.6) is 0 Å². The van der Waals surface area contributed by atoms with Crippen molar-refractivity contribution >= 4 is 24.5 Å². The molecule has 1 N–H and O–H groups in total. The molecule has 25 heavy (non-hydrogen) atoms. The largest absolute Gasteiger partial charge is 0.495 e. The second-order valence-corrected chi connectivity index (χ2v) is 7.69. The summed E-state index contributed by atoms with van der Waals surface area (Å²) < 4.78 is 17.3. The minimum absolute atomic E-state index is 0.0109. The monoisotopic (exact) mass is 348 g/mol. The van der Waals surface area contributed by atoms with Crippen LogP contribution in [0.15, 0.2) is 18.2 Å². The van der Waals surface area contributed by atoms with Gasteiger partial charge in [-0.2, -0.15) is 0 Å². The zero-order valence-electron chi connectivity index (χ0n) is 15.6. The normalized spacial score (nSPS) is 18.4. The first-order valence-electron chi connectivity index (χ1n) is 8.34. The predicted octanol–water partition coefficient (Wildman–Crippen LogP) is 2.50. The topological polar surface area (TPSA) is 82.1 Å². The third-order valence-corrected chi connectivity index (χ3v) is 4.58. The van der Waals surface area contributed by atoms with Gasteiger partial charge < -0.3 is 19.2 Å².